The van der Waals surface area contributed by atoms with E-state index in [1.165, 1.54) is 5.57 Å². The van der Waals surface area contributed by atoms with Crippen molar-refractivity contribution in [3.8, 4) is 0 Å². The molecule has 0 saturated heterocycles. The van der Waals surface area contributed by atoms with Gasteiger partial charge in [0.15, 0.2) is 5.57 Å². The molecule has 0 rings (SSSR count). The second-order valence-corrected chi connectivity index (χ2v) is 1.97. The standard InChI is InChI=1S/C7H11/c1-6(2)5-7(3)4/h1,5H,2-4H3/q+1. The van der Waals surface area contributed by atoms with Gasteiger partial charge in [0.1, 0.15) is 0 Å². The number of hydrogen-bond acceptors (Lipinski definition) is 0. The van der Waals surface area contributed by atoms with Crippen molar-refractivity contribution in [2.45, 2.75) is 20.8 Å². The lowest BCUT2D eigenvalue weighted by molar-refractivity contribution is 1.35. The molecule has 0 aromatic carbocycles. The average Bonchev–Trinajstić information content (AvgIpc) is 1.27. The van der Waals surface area contributed by atoms with E-state index in [0.717, 1.165) is 5.57 Å². The Labute approximate surface area is 45.5 Å². The normalized spacial score (nSPS) is 7.71. The van der Waals surface area contributed by atoms with Crippen LogP contribution < -0.4 is 0 Å². The molecule has 7 heavy (non-hydrogen) atoms. The van der Waals surface area contributed by atoms with Crippen molar-refractivity contribution < 1.29 is 0 Å². The Balaban J connectivity index is 3.68. The predicted octanol–water partition coefficient (Wildman–Crippen LogP) is 2.33. The Kier molecular flexibility index (Phi) is 2.32. The van der Waals surface area contributed by atoms with Crippen LogP contribution in [-0.2, 0) is 0 Å². The summed E-state index contributed by atoms with van der Waals surface area (Å²) in [7, 11) is 0. The van der Waals surface area contributed by atoms with Crippen LogP contribution in [0.3, 0.4) is 0 Å². The summed E-state index contributed by atoms with van der Waals surface area (Å²) in [5.41, 5.74) is 2.13. The lowest BCUT2D eigenvalue weighted by atomic mass is 10.2. The summed E-state index contributed by atoms with van der Waals surface area (Å²) in [4.78, 5) is 0. The third kappa shape index (κ3) is 5.39. The van der Waals surface area contributed by atoms with E-state index >= 15 is 0 Å². The van der Waals surface area contributed by atoms with Crippen LogP contribution in [0.1, 0.15) is 20.8 Å². The first-order chi connectivity index (χ1) is 3.13. The second kappa shape index (κ2) is 2.54. The molecule has 0 heterocycles. The lowest BCUT2D eigenvalue weighted by Crippen LogP contribution is -1.64. The minimum Gasteiger partial charge on any atom is -0.0247 e. The molecule has 0 saturated carbocycles. The van der Waals surface area contributed by atoms with Crippen molar-refractivity contribution in [3.05, 3.63) is 23.8 Å². The summed E-state index contributed by atoms with van der Waals surface area (Å²) in [6.45, 7) is 11.3. The average molecular weight is 95.2 g/mol. The summed E-state index contributed by atoms with van der Waals surface area (Å²) < 4.78 is 0. The predicted molar refractivity (Wildman–Crippen MR) is 32.9 cm³/mol. The van der Waals surface area contributed by atoms with Gasteiger partial charge in [-0.05, 0) is 13.8 Å². The fourth-order valence-electron chi connectivity index (χ4n) is 0.455. The van der Waals surface area contributed by atoms with Crippen LogP contribution in [0.5, 0.6) is 0 Å². The molecule has 0 unspecified atom stereocenters. The van der Waals surface area contributed by atoms with Crippen LogP contribution in [0.25, 0.3) is 0 Å². The van der Waals surface area contributed by atoms with Crippen molar-refractivity contribution in [2.75, 3.05) is 0 Å². The molecule has 0 fully saturated rings. The molecule has 0 aromatic rings. The number of allylic oxidation sites excluding steroid dienone is 3. The van der Waals surface area contributed by atoms with Gasteiger partial charge in [0.25, 0.3) is 0 Å². The summed E-state index contributed by atoms with van der Waals surface area (Å²) in [5.74, 6) is 0. The maximum atomic E-state index is 5.33. The molecule has 0 atom stereocenters. The quantitative estimate of drug-likeness (QED) is 0.346. The molecule has 0 aliphatic carbocycles. The molecule has 0 bridgehead atoms. The molecule has 0 nitrogen and oxygen atoms in total. The molecule has 38 valence electrons. The Bertz CT molecular complexity index is 92.6. The Hall–Kier alpha value is -0.610. The molecule has 0 spiro atoms. The summed E-state index contributed by atoms with van der Waals surface area (Å²) in [5, 5.41) is 0. The van der Waals surface area contributed by atoms with Gasteiger partial charge in [-0.1, -0.05) is 0 Å². The molecule has 0 aliphatic heterocycles. The third-order valence-corrected chi connectivity index (χ3v) is 0.516. The number of hydrogen-bond donors (Lipinski definition) is 0. The van der Waals surface area contributed by atoms with Gasteiger partial charge in [0.2, 0.25) is 0 Å². The highest BCUT2D eigenvalue weighted by Crippen LogP contribution is 1.94. The molecular formula is C7H11+. The van der Waals surface area contributed by atoms with Crippen LogP contribution >= 0.6 is 0 Å². The van der Waals surface area contributed by atoms with Crippen molar-refractivity contribution in [1.29, 1.82) is 0 Å². The van der Waals surface area contributed by atoms with Gasteiger partial charge in [-0.2, -0.15) is 0 Å². The first-order valence-corrected chi connectivity index (χ1v) is 2.37. The number of rotatable bonds is 1. The molecule has 0 heteroatoms. The van der Waals surface area contributed by atoms with Crippen LogP contribution in [0.2, 0.25) is 0 Å². The molecule has 0 radical (unpaired) electrons. The van der Waals surface area contributed by atoms with E-state index in [4.69, 9.17) is 6.58 Å². The first kappa shape index (κ1) is 6.39. The Morgan fingerprint density at radius 1 is 1.29 bits per heavy atom. The second-order valence-electron chi connectivity index (χ2n) is 1.97. The van der Waals surface area contributed by atoms with Gasteiger partial charge < -0.3 is 0 Å². The van der Waals surface area contributed by atoms with Crippen molar-refractivity contribution >= 4 is 0 Å². The zero-order valence-corrected chi connectivity index (χ0v) is 5.15. The smallest absolute Gasteiger partial charge is 0.0247 e. The monoisotopic (exact) mass is 95.1 g/mol. The SMILES string of the molecule is [CH+]=C(C)C=C(C)C. The summed E-state index contributed by atoms with van der Waals surface area (Å²) >= 11 is 0. The highest BCUT2D eigenvalue weighted by Gasteiger charge is 1.86. The zero-order valence-electron chi connectivity index (χ0n) is 5.15. The lowest BCUT2D eigenvalue weighted by Gasteiger charge is -1.74. The summed E-state index contributed by atoms with van der Waals surface area (Å²) in [6.07, 6.45) is 1.94. The summed E-state index contributed by atoms with van der Waals surface area (Å²) in [6, 6.07) is 0. The van der Waals surface area contributed by atoms with Gasteiger partial charge in [-0.25, -0.2) is 0 Å². The van der Waals surface area contributed by atoms with Crippen LogP contribution in [0.15, 0.2) is 17.2 Å². The van der Waals surface area contributed by atoms with Gasteiger partial charge in [-0.3, -0.25) is 0 Å². The van der Waals surface area contributed by atoms with Gasteiger partial charge >= 0.3 is 0 Å². The maximum Gasteiger partial charge on any atom is 0.161 e. The van der Waals surface area contributed by atoms with E-state index in [0.29, 0.717) is 0 Å². The fraction of sp³-hybridized carbons (Fsp3) is 0.429. The van der Waals surface area contributed by atoms with Crippen molar-refractivity contribution in [1.82, 2.24) is 0 Å². The molecule has 0 N–H and O–H groups in total. The Morgan fingerprint density at radius 3 is 1.71 bits per heavy atom. The van der Waals surface area contributed by atoms with E-state index in [1.807, 2.05) is 26.8 Å². The van der Waals surface area contributed by atoms with E-state index in [9.17, 15) is 0 Å². The highest BCUT2D eigenvalue weighted by molar-refractivity contribution is 5.13. The topological polar surface area (TPSA) is 0 Å². The van der Waals surface area contributed by atoms with E-state index in [1.54, 1.807) is 0 Å². The minimum absolute atomic E-state index is 0.875. The van der Waals surface area contributed by atoms with Crippen LogP contribution in [0.4, 0.5) is 0 Å². The fourth-order valence-corrected chi connectivity index (χ4v) is 0.455. The van der Waals surface area contributed by atoms with E-state index in [-0.39, 0.29) is 0 Å². The zero-order chi connectivity index (χ0) is 5.86. The van der Waals surface area contributed by atoms with Gasteiger partial charge in [0, 0.05) is 12.5 Å². The molecule has 0 aliphatic rings. The van der Waals surface area contributed by atoms with Crippen LogP contribution in [0, 0.1) is 6.58 Å². The van der Waals surface area contributed by atoms with Crippen LogP contribution in [-0.4, -0.2) is 0 Å². The Morgan fingerprint density at radius 2 is 1.71 bits per heavy atom. The van der Waals surface area contributed by atoms with Crippen molar-refractivity contribution in [3.63, 3.8) is 0 Å². The van der Waals surface area contributed by atoms with Gasteiger partial charge in [0.05, 0.1) is 12.7 Å². The highest BCUT2D eigenvalue weighted by atomic mass is 13.8. The maximum absolute atomic E-state index is 5.33. The molecular weight excluding hydrogens is 84.1 g/mol. The third-order valence-electron chi connectivity index (χ3n) is 0.516. The molecule has 0 amide bonds. The van der Waals surface area contributed by atoms with Crippen molar-refractivity contribution in [2.24, 2.45) is 0 Å². The first-order valence-electron chi connectivity index (χ1n) is 2.37. The van der Waals surface area contributed by atoms with E-state index < -0.39 is 0 Å². The molecule has 0 aromatic heterocycles. The largest absolute Gasteiger partial charge is 0.161 e. The minimum atomic E-state index is 0.875. The van der Waals surface area contributed by atoms with E-state index in [2.05, 4.69) is 0 Å². The van der Waals surface area contributed by atoms with Gasteiger partial charge in [-0.15, -0.1) is 0 Å².